The maximum atomic E-state index is 12.0. The first-order valence-electron chi connectivity index (χ1n) is 6.43. The molecule has 0 radical (unpaired) electrons. The lowest BCUT2D eigenvalue weighted by molar-refractivity contribution is -0.122. The topological polar surface area (TPSA) is 71.1 Å². The molecule has 1 saturated heterocycles. The van der Waals surface area contributed by atoms with Crippen molar-refractivity contribution in [2.75, 3.05) is 5.32 Å². The molecule has 21 heavy (non-hydrogen) atoms. The van der Waals surface area contributed by atoms with E-state index in [4.69, 9.17) is 0 Å². The summed E-state index contributed by atoms with van der Waals surface area (Å²) in [6.45, 7) is 0. The van der Waals surface area contributed by atoms with Gasteiger partial charge in [-0.15, -0.1) is 11.3 Å². The summed E-state index contributed by atoms with van der Waals surface area (Å²) in [6.07, 6.45) is 0.940. The number of halogens is 1. The molecule has 7 heteroatoms. The van der Waals surface area contributed by atoms with Crippen molar-refractivity contribution in [2.24, 2.45) is 0 Å². The molecule has 1 fully saturated rings. The highest BCUT2D eigenvalue weighted by Gasteiger charge is 2.27. The zero-order valence-corrected chi connectivity index (χ0v) is 13.3. The molecule has 1 aliphatic rings. The third kappa shape index (κ3) is 3.30. The molecule has 0 aliphatic carbocycles. The fourth-order valence-corrected chi connectivity index (χ4v) is 3.07. The number of nitrogens with zero attached hydrogens (tertiary/aromatic N) is 1. The SMILES string of the molecule is O=C1CC[C@H](C(=O)Nc2nc(-c3ccc(Br)cc3)cs2)N1. The number of benzene rings is 1. The summed E-state index contributed by atoms with van der Waals surface area (Å²) >= 11 is 4.76. The van der Waals surface area contributed by atoms with Gasteiger partial charge in [0.05, 0.1) is 5.69 Å². The summed E-state index contributed by atoms with van der Waals surface area (Å²) in [5, 5.41) is 7.83. The summed E-state index contributed by atoms with van der Waals surface area (Å²) in [6, 6.07) is 7.36. The largest absolute Gasteiger partial charge is 0.344 e. The van der Waals surface area contributed by atoms with Gasteiger partial charge in [-0.1, -0.05) is 28.1 Å². The Morgan fingerprint density at radius 3 is 2.81 bits per heavy atom. The smallest absolute Gasteiger partial charge is 0.248 e. The van der Waals surface area contributed by atoms with Crippen LogP contribution in [0.1, 0.15) is 12.8 Å². The van der Waals surface area contributed by atoms with Crippen molar-refractivity contribution in [3.8, 4) is 11.3 Å². The van der Waals surface area contributed by atoms with Crippen molar-refractivity contribution in [3.05, 3.63) is 34.1 Å². The zero-order chi connectivity index (χ0) is 14.8. The summed E-state index contributed by atoms with van der Waals surface area (Å²) in [5.74, 6) is -0.289. The molecule has 2 amide bonds. The highest BCUT2D eigenvalue weighted by atomic mass is 79.9. The minimum absolute atomic E-state index is 0.0789. The molecule has 2 N–H and O–H groups in total. The molecule has 0 bridgehead atoms. The van der Waals surface area contributed by atoms with Gasteiger partial charge in [0.15, 0.2) is 5.13 Å². The van der Waals surface area contributed by atoms with Crippen LogP contribution < -0.4 is 10.6 Å². The molecule has 108 valence electrons. The summed E-state index contributed by atoms with van der Waals surface area (Å²) < 4.78 is 1.01. The maximum Gasteiger partial charge on any atom is 0.248 e. The Morgan fingerprint density at radius 1 is 1.38 bits per heavy atom. The lowest BCUT2D eigenvalue weighted by Gasteiger charge is -2.08. The number of carbonyl (C=O) groups excluding carboxylic acids is 2. The van der Waals surface area contributed by atoms with Crippen molar-refractivity contribution in [3.63, 3.8) is 0 Å². The monoisotopic (exact) mass is 365 g/mol. The first-order valence-corrected chi connectivity index (χ1v) is 8.11. The number of hydrogen-bond acceptors (Lipinski definition) is 4. The summed E-state index contributed by atoms with van der Waals surface area (Å²) in [7, 11) is 0. The van der Waals surface area contributed by atoms with Gasteiger partial charge in [-0.3, -0.25) is 9.59 Å². The molecule has 0 spiro atoms. The van der Waals surface area contributed by atoms with Crippen LogP contribution in [-0.4, -0.2) is 22.8 Å². The van der Waals surface area contributed by atoms with Gasteiger partial charge in [-0.05, 0) is 18.6 Å². The van der Waals surface area contributed by atoms with Crippen molar-refractivity contribution < 1.29 is 9.59 Å². The molecule has 2 aromatic rings. The van der Waals surface area contributed by atoms with Crippen LogP contribution in [-0.2, 0) is 9.59 Å². The number of nitrogens with one attached hydrogen (secondary N) is 2. The van der Waals surface area contributed by atoms with Crippen LogP contribution >= 0.6 is 27.3 Å². The van der Waals surface area contributed by atoms with Gasteiger partial charge in [0.25, 0.3) is 0 Å². The molecule has 5 nitrogen and oxygen atoms in total. The Bertz CT molecular complexity index is 684. The van der Waals surface area contributed by atoms with E-state index in [1.807, 2.05) is 29.6 Å². The molecule has 2 heterocycles. The van der Waals surface area contributed by atoms with E-state index in [0.29, 0.717) is 18.0 Å². The van der Waals surface area contributed by atoms with Crippen LogP contribution in [0.2, 0.25) is 0 Å². The molecule has 1 aromatic carbocycles. The minimum Gasteiger partial charge on any atom is -0.344 e. The first kappa shape index (κ1) is 14.2. The quantitative estimate of drug-likeness (QED) is 0.878. The average molecular weight is 366 g/mol. The van der Waals surface area contributed by atoms with E-state index >= 15 is 0 Å². The Labute approximate surface area is 133 Å². The van der Waals surface area contributed by atoms with Crippen molar-refractivity contribution in [1.82, 2.24) is 10.3 Å². The molecule has 3 rings (SSSR count). The van der Waals surface area contributed by atoms with Crippen LogP contribution in [0.25, 0.3) is 11.3 Å². The first-order chi connectivity index (χ1) is 10.1. The van der Waals surface area contributed by atoms with E-state index in [1.54, 1.807) is 0 Å². The highest BCUT2D eigenvalue weighted by Crippen LogP contribution is 2.26. The van der Waals surface area contributed by atoms with Crippen molar-refractivity contribution >= 4 is 44.2 Å². The average Bonchev–Trinajstić information content (AvgIpc) is 3.09. The standard InChI is InChI=1S/C14H12BrN3O2S/c15-9-3-1-8(2-4-9)11-7-21-14(17-11)18-13(20)10-5-6-12(19)16-10/h1-4,7,10H,5-6H2,(H,16,19)(H,17,18,20)/t10-/m1/s1. The van der Waals surface area contributed by atoms with E-state index < -0.39 is 6.04 Å². The third-order valence-electron chi connectivity index (χ3n) is 3.19. The summed E-state index contributed by atoms with van der Waals surface area (Å²) in [5.41, 5.74) is 1.81. The predicted octanol–water partition coefficient (Wildman–Crippen LogP) is 2.79. The number of hydrogen-bond donors (Lipinski definition) is 2. The summed E-state index contributed by atoms with van der Waals surface area (Å²) in [4.78, 5) is 27.5. The molecule has 1 atom stereocenters. The van der Waals surface area contributed by atoms with E-state index in [1.165, 1.54) is 11.3 Å². The number of amides is 2. The Balaban J connectivity index is 1.69. The third-order valence-corrected chi connectivity index (χ3v) is 4.47. The Morgan fingerprint density at radius 2 is 2.14 bits per heavy atom. The van der Waals surface area contributed by atoms with Gasteiger partial charge < -0.3 is 10.6 Å². The highest BCUT2D eigenvalue weighted by molar-refractivity contribution is 9.10. The van der Waals surface area contributed by atoms with Crippen molar-refractivity contribution in [2.45, 2.75) is 18.9 Å². The normalized spacial score (nSPS) is 17.6. The number of rotatable bonds is 3. The number of anilines is 1. The lowest BCUT2D eigenvalue weighted by atomic mass is 10.2. The van der Waals surface area contributed by atoms with Gasteiger partial charge in [0.1, 0.15) is 6.04 Å². The maximum absolute atomic E-state index is 12.0. The predicted molar refractivity (Wildman–Crippen MR) is 85.0 cm³/mol. The Hall–Kier alpha value is -1.73. The molecule has 0 unspecified atom stereocenters. The van der Waals surface area contributed by atoms with Crippen LogP contribution in [0.3, 0.4) is 0 Å². The van der Waals surface area contributed by atoms with Gasteiger partial charge in [0, 0.05) is 21.8 Å². The second-order valence-corrected chi connectivity index (χ2v) is 6.47. The second kappa shape index (κ2) is 5.95. The molecule has 0 saturated carbocycles. The lowest BCUT2D eigenvalue weighted by Crippen LogP contribution is -2.37. The minimum atomic E-state index is -0.447. The van der Waals surface area contributed by atoms with Crippen LogP contribution in [0, 0.1) is 0 Å². The van der Waals surface area contributed by atoms with Crippen LogP contribution in [0.4, 0.5) is 5.13 Å². The number of aromatic nitrogens is 1. The van der Waals surface area contributed by atoms with Gasteiger partial charge in [-0.25, -0.2) is 4.98 Å². The molecular formula is C14H12BrN3O2S. The fourth-order valence-electron chi connectivity index (χ4n) is 2.09. The van der Waals surface area contributed by atoms with E-state index in [-0.39, 0.29) is 11.8 Å². The van der Waals surface area contributed by atoms with E-state index in [9.17, 15) is 9.59 Å². The van der Waals surface area contributed by atoms with Crippen molar-refractivity contribution in [1.29, 1.82) is 0 Å². The Kier molecular flexibility index (Phi) is 4.03. The van der Waals surface area contributed by atoms with Gasteiger partial charge >= 0.3 is 0 Å². The number of thiazole rings is 1. The molecule has 1 aromatic heterocycles. The van der Waals surface area contributed by atoms with E-state index in [0.717, 1.165) is 15.7 Å². The van der Waals surface area contributed by atoms with Gasteiger partial charge in [-0.2, -0.15) is 0 Å². The second-order valence-electron chi connectivity index (χ2n) is 4.69. The number of carbonyl (C=O) groups is 2. The zero-order valence-electron chi connectivity index (χ0n) is 10.9. The van der Waals surface area contributed by atoms with Gasteiger partial charge in [0.2, 0.25) is 11.8 Å². The fraction of sp³-hybridized carbons (Fsp3) is 0.214. The molecular weight excluding hydrogens is 354 g/mol. The van der Waals surface area contributed by atoms with E-state index in [2.05, 4.69) is 31.5 Å². The molecule has 1 aliphatic heterocycles. The van der Waals surface area contributed by atoms with Crippen LogP contribution in [0.5, 0.6) is 0 Å². The van der Waals surface area contributed by atoms with Crippen LogP contribution in [0.15, 0.2) is 34.1 Å².